The number of benzene rings is 1. The molecule has 1 aliphatic heterocycles. The molecular weight excluding hydrogens is 321 g/mol. The Kier molecular flexibility index (Phi) is 5.06. The second kappa shape index (κ2) is 7.25. The molecule has 134 valence electrons. The molecule has 3 rings (SSSR count). The minimum Gasteiger partial charge on any atom is -0.370 e. The summed E-state index contributed by atoms with van der Waals surface area (Å²) in [5, 5.41) is 6.81. The molecule has 1 atom stereocenters. The van der Waals surface area contributed by atoms with Crippen LogP contribution in [-0.2, 0) is 4.79 Å². The van der Waals surface area contributed by atoms with Crippen LogP contribution in [0.4, 0.5) is 15.8 Å². The van der Waals surface area contributed by atoms with Crippen LogP contribution in [0, 0.1) is 19.7 Å². The van der Waals surface area contributed by atoms with E-state index in [1.165, 1.54) is 18.6 Å². The van der Waals surface area contributed by atoms with Gasteiger partial charge in [0.25, 0.3) is 0 Å². The summed E-state index contributed by atoms with van der Waals surface area (Å²) in [5.74, 6) is -0.348. The van der Waals surface area contributed by atoms with Crippen LogP contribution in [0.3, 0.4) is 0 Å². The van der Waals surface area contributed by atoms with Gasteiger partial charge in [0.1, 0.15) is 11.6 Å². The molecule has 1 fully saturated rings. The summed E-state index contributed by atoms with van der Waals surface area (Å²) in [6.45, 7) is 7.26. The molecule has 1 aromatic carbocycles. The molecule has 1 N–H and O–H groups in total. The minimum absolute atomic E-state index is 0.196. The van der Waals surface area contributed by atoms with Gasteiger partial charge in [-0.15, -0.1) is 0 Å². The molecule has 0 saturated carbocycles. The maximum absolute atomic E-state index is 13.8. The highest BCUT2D eigenvalue weighted by Crippen LogP contribution is 2.31. The molecule has 0 spiro atoms. The van der Waals surface area contributed by atoms with E-state index in [0.29, 0.717) is 17.1 Å². The number of rotatable bonds is 4. The molecule has 1 aromatic heterocycles. The first-order valence-electron chi connectivity index (χ1n) is 8.75. The summed E-state index contributed by atoms with van der Waals surface area (Å²) in [5.41, 5.74) is 2.88. The van der Waals surface area contributed by atoms with Gasteiger partial charge in [0.15, 0.2) is 0 Å². The number of nitrogens with one attached hydrogen (secondary N) is 1. The Morgan fingerprint density at radius 3 is 2.64 bits per heavy atom. The highest BCUT2D eigenvalue weighted by molar-refractivity contribution is 5.98. The maximum Gasteiger partial charge on any atom is 0.231 e. The van der Waals surface area contributed by atoms with Crippen molar-refractivity contribution in [3.63, 3.8) is 0 Å². The molecule has 0 aliphatic carbocycles. The normalized spacial score (nSPS) is 15.9. The molecule has 0 bridgehead atoms. The van der Waals surface area contributed by atoms with Gasteiger partial charge in [-0.3, -0.25) is 4.79 Å². The summed E-state index contributed by atoms with van der Waals surface area (Å²) in [6.07, 6.45) is 3.43. The first-order valence-corrected chi connectivity index (χ1v) is 8.75. The number of carbonyl (C=O) groups is 1. The van der Waals surface area contributed by atoms with E-state index < -0.39 is 5.92 Å². The van der Waals surface area contributed by atoms with Gasteiger partial charge in [-0.2, -0.15) is 0 Å². The van der Waals surface area contributed by atoms with Gasteiger partial charge in [-0.25, -0.2) is 4.39 Å². The number of anilines is 2. The third-order valence-electron chi connectivity index (χ3n) is 4.83. The largest absolute Gasteiger partial charge is 0.370 e. The Balaban J connectivity index is 1.84. The SMILES string of the molecule is Cc1noc(C)c1[C@@H](C)C(=O)Nc1cc(F)ccc1N1CCCCC1. The van der Waals surface area contributed by atoms with Gasteiger partial charge in [0.05, 0.1) is 23.0 Å². The fraction of sp³-hybridized carbons (Fsp3) is 0.474. The smallest absolute Gasteiger partial charge is 0.231 e. The molecule has 25 heavy (non-hydrogen) atoms. The number of hydrogen-bond acceptors (Lipinski definition) is 4. The Morgan fingerprint density at radius 1 is 1.28 bits per heavy atom. The quantitative estimate of drug-likeness (QED) is 0.904. The van der Waals surface area contributed by atoms with Crippen molar-refractivity contribution in [1.82, 2.24) is 5.16 Å². The Morgan fingerprint density at radius 2 is 2.00 bits per heavy atom. The number of aryl methyl sites for hydroxylation is 2. The lowest BCUT2D eigenvalue weighted by atomic mass is 9.98. The summed E-state index contributed by atoms with van der Waals surface area (Å²) >= 11 is 0. The Hall–Kier alpha value is -2.37. The monoisotopic (exact) mass is 345 g/mol. The van der Waals surface area contributed by atoms with Crippen LogP contribution < -0.4 is 10.2 Å². The lowest BCUT2D eigenvalue weighted by molar-refractivity contribution is -0.117. The molecule has 5 nitrogen and oxygen atoms in total. The average Bonchev–Trinajstić information content (AvgIpc) is 2.93. The molecule has 6 heteroatoms. The third-order valence-corrected chi connectivity index (χ3v) is 4.83. The van der Waals surface area contributed by atoms with Crippen LogP contribution in [0.25, 0.3) is 0 Å². The number of halogens is 1. The second-order valence-corrected chi connectivity index (χ2v) is 6.66. The standard InChI is InChI=1S/C19H24FN3O2/c1-12(18-13(2)22-25-14(18)3)19(24)21-16-11-15(20)7-8-17(16)23-9-5-4-6-10-23/h7-8,11-12H,4-6,9-10H2,1-3H3,(H,21,24)/t12-/m1/s1. The average molecular weight is 345 g/mol. The molecule has 0 radical (unpaired) electrons. The summed E-state index contributed by atoms with van der Waals surface area (Å²) in [6, 6.07) is 4.58. The molecule has 1 aliphatic rings. The van der Waals surface area contributed by atoms with E-state index in [0.717, 1.165) is 37.2 Å². The number of piperidine rings is 1. The Bertz CT molecular complexity index is 747. The molecule has 1 amide bonds. The summed E-state index contributed by atoms with van der Waals surface area (Å²) in [7, 11) is 0. The molecule has 2 heterocycles. The van der Waals surface area contributed by atoms with Crippen LogP contribution in [0.2, 0.25) is 0 Å². The van der Waals surface area contributed by atoms with Crippen molar-refractivity contribution in [3.05, 3.63) is 41.0 Å². The van der Waals surface area contributed by atoms with Crippen LogP contribution in [-0.4, -0.2) is 24.2 Å². The van der Waals surface area contributed by atoms with E-state index in [9.17, 15) is 9.18 Å². The first kappa shape index (κ1) is 17.5. The van der Waals surface area contributed by atoms with E-state index >= 15 is 0 Å². The number of amides is 1. The van der Waals surface area contributed by atoms with Gasteiger partial charge >= 0.3 is 0 Å². The van der Waals surface area contributed by atoms with Crippen molar-refractivity contribution in [1.29, 1.82) is 0 Å². The van der Waals surface area contributed by atoms with Gasteiger partial charge in [0.2, 0.25) is 5.91 Å². The highest BCUT2D eigenvalue weighted by atomic mass is 19.1. The molecule has 0 unspecified atom stereocenters. The zero-order valence-electron chi connectivity index (χ0n) is 14.9. The van der Waals surface area contributed by atoms with E-state index in [4.69, 9.17) is 4.52 Å². The summed E-state index contributed by atoms with van der Waals surface area (Å²) < 4.78 is 18.9. The highest BCUT2D eigenvalue weighted by Gasteiger charge is 2.24. The number of aromatic nitrogens is 1. The predicted octanol–water partition coefficient (Wildman–Crippen LogP) is 4.16. The minimum atomic E-state index is -0.427. The number of nitrogens with zero attached hydrogens (tertiary/aromatic N) is 2. The van der Waals surface area contributed by atoms with Crippen LogP contribution >= 0.6 is 0 Å². The fourth-order valence-corrected chi connectivity index (χ4v) is 3.50. The van der Waals surface area contributed by atoms with E-state index in [2.05, 4.69) is 15.4 Å². The lowest BCUT2D eigenvalue weighted by Gasteiger charge is -2.30. The van der Waals surface area contributed by atoms with Crippen LogP contribution in [0.5, 0.6) is 0 Å². The van der Waals surface area contributed by atoms with Crippen molar-refractivity contribution in [2.24, 2.45) is 0 Å². The molecular formula is C19H24FN3O2. The lowest BCUT2D eigenvalue weighted by Crippen LogP contribution is -2.31. The maximum atomic E-state index is 13.8. The van der Waals surface area contributed by atoms with Gasteiger partial charge in [-0.1, -0.05) is 5.16 Å². The van der Waals surface area contributed by atoms with Crippen molar-refractivity contribution in [2.75, 3.05) is 23.3 Å². The van der Waals surface area contributed by atoms with Gasteiger partial charge in [0, 0.05) is 18.7 Å². The van der Waals surface area contributed by atoms with Gasteiger partial charge < -0.3 is 14.7 Å². The number of hydrogen-bond donors (Lipinski definition) is 1. The van der Waals surface area contributed by atoms with Crippen LogP contribution in [0.1, 0.15) is 49.1 Å². The topological polar surface area (TPSA) is 58.4 Å². The van der Waals surface area contributed by atoms with Crippen LogP contribution in [0.15, 0.2) is 22.7 Å². The fourth-order valence-electron chi connectivity index (χ4n) is 3.50. The van der Waals surface area contributed by atoms with Crippen molar-refractivity contribution < 1.29 is 13.7 Å². The second-order valence-electron chi connectivity index (χ2n) is 6.66. The zero-order valence-corrected chi connectivity index (χ0v) is 14.9. The number of carbonyl (C=O) groups excluding carboxylic acids is 1. The van der Waals surface area contributed by atoms with Crippen molar-refractivity contribution in [3.8, 4) is 0 Å². The Labute approximate surface area is 147 Å². The van der Waals surface area contributed by atoms with E-state index in [-0.39, 0.29) is 11.7 Å². The molecule has 2 aromatic rings. The van der Waals surface area contributed by atoms with Crippen molar-refractivity contribution >= 4 is 17.3 Å². The van der Waals surface area contributed by atoms with E-state index in [1.807, 2.05) is 13.8 Å². The van der Waals surface area contributed by atoms with E-state index in [1.54, 1.807) is 13.0 Å². The predicted molar refractivity (Wildman–Crippen MR) is 95.5 cm³/mol. The zero-order chi connectivity index (χ0) is 18.0. The molecule has 1 saturated heterocycles. The first-order chi connectivity index (χ1) is 12.0. The van der Waals surface area contributed by atoms with Crippen molar-refractivity contribution in [2.45, 2.75) is 46.0 Å². The third kappa shape index (κ3) is 3.67. The summed E-state index contributed by atoms with van der Waals surface area (Å²) in [4.78, 5) is 14.9. The van der Waals surface area contributed by atoms with Gasteiger partial charge in [-0.05, 0) is 58.2 Å².